The van der Waals surface area contributed by atoms with Crippen LogP contribution in [0.2, 0.25) is 0 Å². The van der Waals surface area contributed by atoms with E-state index in [1.165, 1.54) is 5.57 Å². The number of rotatable bonds is 3. The Hall–Kier alpha value is -1.25. The summed E-state index contributed by atoms with van der Waals surface area (Å²) >= 11 is 0. The molecule has 0 amide bonds. The summed E-state index contributed by atoms with van der Waals surface area (Å²) in [5, 5.41) is 10.1. The summed E-state index contributed by atoms with van der Waals surface area (Å²) in [6.45, 7) is 15.1. The Kier molecular flexibility index (Phi) is 6.07. The van der Waals surface area contributed by atoms with Gasteiger partial charge in [-0.15, -0.1) is 0 Å². The number of carboxylic acids is 1. The fourth-order valence-corrected chi connectivity index (χ4v) is 11.3. The van der Waals surface area contributed by atoms with Crippen molar-refractivity contribution < 1.29 is 31.8 Å². The Morgan fingerprint density at radius 3 is 2.18 bits per heavy atom. The molecule has 2 N–H and O–H groups in total. The average Bonchev–Trinajstić information content (AvgIpc) is 2.77. The van der Waals surface area contributed by atoms with Crippen molar-refractivity contribution in [2.24, 2.45) is 50.2 Å². The third kappa shape index (κ3) is 3.68. The quantitative estimate of drug-likeness (QED) is 0.399. The van der Waals surface area contributed by atoms with Crippen molar-refractivity contribution >= 4 is 22.2 Å². The van der Waals surface area contributed by atoms with Gasteiger partial charge in [0.1, 0.15) is 0 Å². The summed E-state index contributed by atoms with van der Waals surface area (Å²) in [6, 6.07) is 0. The van der Waals surface area contributed by atoms with Gasteiger partial charge in [-0.1, -0.05) is 47.1 Å². The largest absolute Gasteiger partial charge is 0.481 e. The van der Waals surface area contributed by atoms with Crippen LogP contribution in [-0.2, 0) is 24.2 Å². The van der Waals surface area contributed by atoms with E-state index in [-0.39, 0.29) is 45.2 Å². The third-order valence-corrected chi connectivity index (χ3v) is 13.7. The number of carbonyl (C=O) groups excluding carboxylic acids is 1. The van der Waals surface area contributed by atoms with E-state index in [1.807, 2.05) is 26.8 Å². The molecule has 0 bridgehead atoms. The van der Waals surface area contributed by atoms with Crippen molar-refractivity contribution in [3.8, 4) is 0 Å². The van der Waals surface area contributed by atoms with E-state index in [2.05, 4.69) is 27.7 Å². The minimum atomic E-state index is -4.58. The minimum absolute atomic E-state index is 0.0120. The van der Waals surface area contributed by atoms with E-state index in [9.17, 15) is 27.7 Å². The Bertz CT molecular complexity index is 1200. The highest BCUT2D eigenvalue weighted by Gasteiger charge is 2.70. The lowest BCUT2D eigenvalue weighted by molar-refractivity contribution is -0.199. The van der Waals surface area contributed by atoms with Gasteiger partial charge in [0.15, 0.2) is 5.78 Å². The molecule has 0 heterocycles. The average molecular weight is 551 g/mol. The van der Waals surface area contributed by atoms with Gasteiger partial charge in [0.2, 0.25) is 0 Å². The summed E-state index contributed by atoms with van der Waals surface area (Å²) in [4.78, 5) is 26.6. The molecule has 0 aromatic heterocycles. The van der Waals surface area contributed by atoms with Gasteiger partial charge in [-0.25, -0.2) is 4.18 Å². The molecule has 5 aliphatic rings. The maximum absolute atomic E-state index is 14.3. The van der Waals surface area contributed by atoms with E-state index < -0.39 is 33.3 Å². The molecular weight excluding hydrogens is 504 g/mol. The normalized spacial score (nSPS) is 50.1. The predicted molar refractivity (Wildman–Crippen MR) is 143 cm³/mol. The van der Waals surface area contributed by atoms with Gasteiger partial charge in [0.05, 0.1) is 11.5 Å². The van der Waals surface area contributed by atoms with Crippen molar-refractivity contribution in [1.29, 1.82) is 0 Å². The second-order valence-electron chi connectivity index (χ2n) is 15.4. The van der Waals surface area contributed by atoms with Crippen molar-refractivity contribution in [1.82, 2.24) is 0 Å². The molecule has 9 atom stereocenters. The van der Waals surface area contributed by atoms with Crippen LogP contribution in [0.3, 0.4) is 0 Å². The number of ketones is 1. The summed E-state index contributed by atoms with van der Waals surface area (Å²) in [7, 11) is -4.58. The van der Waals surface area contributed by atoms with Crippen LogP contribution in [-0.4, -0.2) is 35.9 Å². The lowest BCUT2D eigenvalue weighted by Gasteiger charge is -2.70. The van der Waals surface area contributed by atoms with Gasteiger partial charge in [-0.3, -0.25) is 14.1 Å². The summed E-state index contributed by atoms with van der Waals surface area (Å²) in [5.41, 5.74) is -0.918. The number of fused-ring (bicyclic) bond motifs is 7. The third-order valence-electron chi connectivity index (χ3n) is 13.3. The summed E-state index contributed by atoms with van der Waals surface area (Å²) in [6.07, 6.45) is 8.27. The SMILES string of the molecule is CC1(C)[C@@H](OS(=O)(=O)O)CC[C@]2(C)[C@H]3C(=O)C=C4[C@H]5C[C@@](C)(C(=O)O)CC[C@]5(C)CC[C@@]4(C)[C@]3(C)CC[C@@H]12. The second kappa shape index (κ2) is 8.16. The van der Waals surface area contributed by atoms with E-state index in [4.69, 9.17) is 4.18 Å². The first-order valence-corrected chi connectivity index (χ1v) is 15.8. The first kappa shape index (κ1) is 28.3. The van der Waals surface area contributed by atoms with Gasteiger partial charge < -0.3 is 5.11 Å². The molecule has 38 heavy (non-hydrogen) atoms. The molecule has 5 rings (SSSR count). The number of carboxylic acid groups (broad SMARTS) is 1. The second-order valence-corrected chi connectivity index (χ2v) is 16.5. The number of aliphatic carboxylic acids is 1. The van der Waals surface area contributed by atoms with Crippen LogP contribution in [0.1, 0.15) is 106 Å². The standard InChI is InChI=1S/C30H46O7S/c1-25(2)21-8-11-30(7)23(28(21,5)10-9-22(25)37-38(34,35)36)20(31)16-18-19-17-27(4,24(32)33)13-12-26(19,3)14-15-29(18,30)6/h16,19,21-23H,8-15,17H2,1-7H3,(H,32,33)(H,34,35,36)/t19-,21+,22+,23-,26-,27+,28+,29-,30-/m1/s1. The fourth-order valence-electron chi connectivity index (χ4n) is 10.7. The smallest absolute Gasteiger partial charge is 0.397 e. The van der Waals surface area contributed by atoms with Gasteiger partial charge >= 0.3 is 16.4 Å². The number of hydrogen-bond acceptors (Lipinski definition) is 5. The Labute approximate surface area is 228 Å². The molecule has 0 saturated heterocycles. The topological polar surface area (TPSA) is 118 Å². The fraction of sp³-hybridized carbons (Fsp3) is 0.867. The van der Waals surface area contributed by atoms with Crippen LogP contribution in [0.15, 0.2) is 11.6 Å². The maximum Gasteiger partial charge on any atom is 0.397 e. The van der Waals surface area contributed by atoms with Gasteiger partial charge in [-0.2, -0.15) is 8.42 Å². The van der Waals surface area contributed by atoms with Crippen LogP contribution in [0.25, 0.3) is 0 Å². The van der Waals surface area contributed by atoms with Crippen molar-refractivity contribution in [3.63, 3.8) is 0 Å². The highest BCUT2D eigenvalue weighted by atomic mass is 32.3. The molecule has 4 saturated carbocycles. The zero-order valence-electron chi connectivity index (χ0n) is 24.1. The van der Waals surface area contributed by atoms with Gasteiger partial charge in [0.25, 0.3) is 0 Å². The molecule has 214 valence electrons. The molecule has 5 aliphatic carbocycles. The minimum Gasteiger partial charge on any atom is -0.481 e. The monoisotopic (exact) mass is 550 g/mol. The molecule has 8 heteroatoms. The lowest BCUT2D eigenvalue weighted by atomic mass is 9.33. The molecule has 0 aliphatic heterocycles. The zero-order valence-corrected chi connectivity index (χ0v) is 24.9. The number of allylic oxidation sites excluding steroid dienone is 2. The highest BCUT2D eigenvalue weighted by molar-refractivity contribution is 7.80. The lowest BCUT2D eigenvalue weighted by Crippen LogP contribution is -2.66. The van der Waals surface area contributed by atoms with Crippen molar-refractivity contribution in [3.05, 3.63) is 11.6 Å². The molecule has 0 spiro atoms. The van der Waals surface area contributed by atoms with Gasteiger partial charge in [0, 0.05) is 5.92 Å². The summed E-state index contributed by atoms with van der Waals surface area (Å²) < 4.78 is 37.9. The van der Waals surface area contributed by atoms with Crippen LogP contribution >= 0.6 is 0 Å². The Morgan fingerprint density at radius 1 is 0.947 bits per heavy atom. The van der Waals surface area contributed by atoms with E-state index in [0.29, 0.717) is 25.7 Å². The first-order chi connectivity index (χ1) is 17.2. The zero-order chi connectivity index (χ0) is 28.3. The van der Waals surface area contributed by atoms with E-state index >= 15 is 0 Å². The Balaban J connectivity index is 1.57. The number of hydrogen-bond donors (Lipinski definition) is 2. The van der Waals surface area contributed by atoms with Crippen LogP contribution in [0.5, 0.6) is 0 Å². The van der Waals surface area contributed by atoms with Crippen LogP contribution in [0, 0.1) is 50.2 Å². The first-order valence-electron chi connectivity index (χ1n) is 14.4. The number of carbonyl (C=O) groups is 2. The summed E-state index contributed by atoms with van der Waals surface area (Å²) in [5.74, 6) is -0.636. The van der Waals surface area contributed by atoms with E-state index in [0.717, 1.165) is 32.1 Å². The van der Waals surface area contributed by atoms with Crippen LogP contribution < -0.4 is 0 Å². The molecule has 0 aromatic carbocycles. The van der Waals surface area contributed by atoms with Gasteiger partial charge in [-0.05, 0) is 110 Å². The molecule has 0 unspecified atom stereocenters. The highest BCUT2D eigenvalue weighted by Crippen LogP contribution is 2.75. The van der Waals surface area contributed by atoms with Crippen molar-refractivity contribution in [2.45, 2.75) is 112 Å². The van der Waals surface area contributed by atoms with Crippen LogP contribution in [0.4, 0.5) is 0 Å². The Morgan fingerprint density at radius 2 is 1.58 bits per heavy atom. The molecule has 7 nitrogen and oxygen atoms in total. The molecule has 0 aromatic rings. The maximum atomic E-state index is 14.3. The molecular formula is C30H46O7S. The molecule has 4 fully saturated rings. The molecule has 0 radical (unpaired) electrons. The van der Waals surface area contributed by atoms with E-state index in [1.54, 1.807) is 0 Å². The van der Waals surface area contributed by atoms with Crippen molar-refractivity contribution in [2.75, 3.05) is 0 Å². The predicted octanol–water partition coefficient (Wildman–Crippen LogP) is 6.24.